The van der Waals surface area contributed by atoms with Gasteiger partial charge in [-0.25, -0.2) is 0 Å². The second kappa shape index (κ2) is 3.59. The molecule has 0 radical (unpaired) electrons. The van der Waals surface area contributed by atoms with Crippen LogP contribution in [0.5, 0.6) is 0 Å². The predicted molar refractivity (Wildman–Crippen MR) is 57.1 cm³/mol. The molecule has 1 heterocycles. The van der Waals surface area contributed by atoms with Crippen LogP contribution in [-0.2, 0) is 13.6 Å². The highest BCUT2D eigenvalue weighted by Gasteiger charge is 2.38. The summed E-state index contributed by atoms with van der Waals surface area (Å²) in [5.74, 6) is 1.95. The number of nitrogens with zero attached hydrogens (tertiary/aromatic N) is 3. The normalized spacial score (nSPS) is 33.8. The molecule has 0 saturated heterocycles. The quantitative estimate of drug-likeness (QED) is 0.805. The van der Waals surface area contributed by atoms with Crippen LogP contribution in [0, 0.1) is 11.8 Å². The van der Waals surface area contributed by atoms with Gasteiger partial charge in [0, 0.05) is 25.8 Å². The highest BCUT2D eigenvalue weighted by molar-refractivity contribution is 4.97. The van der Waals surface area contributed by atoms with Gasteiger partial charge in [0.15, 0.2) is 0 Å². The Bertz CT molecular complexity index is 346. The maximum Gasteiger partial charge on any atom is 0.0964 e. The summed E-state index contributed by atoms with van der Waals surface area (Å²) in [6.07, 6.45) is 7.72. The largest absolute Gasteiger partial charge is 0.308 e. The second-order valence-corrected chi connectivity index (χ2v) is 5.05. The molecule has 2 fully saturated rings. The zero-order valence-electron chi connectivity index (χ0n) is 9.19. The fourth-order valence-electron chi connectivity index (χ4n) is 3.21. The van der Waals surface area contributed by atoms with Crippen LogP contribution in [0.3, 0.4) is 0 Å². The zero-order chi connectivity index (χ0) is 10.3. The van der Waals surface area contributed by atoms with Crippen molar-refractivity contribution in [2.45, 2.75) is 38.3 Å². The Morgan fingerprint density at radius 2 is 2.40 bits per heavy atom. The Labute approximate surface area is 90.0 Å². The maximum atomic E-state index is 4.09. The number of hydrogen-bond acceptors (Lipinski definition) is 3. The van der Waals surface area contributed by atoms with E-state index in [1.165, 1.54) is 25.7 Å². The molecule has 0 aliphatic heterocycles. The lowest BCUT2D eigenvalue weighted by Crippen LogP contribution is -2.33. The first-order valence-electron chi connectivity index (χ1n) is 5.90. The topological polar surface area (TPSA) is 42.7 Å². The monoisotopic (exact) mass is 206 g/mol. The lowest BCUT2D eigenvalue weighted by atomic mass is 9.95. The Morgan fingerprint density at radius 3 is 3.00 bits per heavy atom. The highest BCUT2D eigenvalue weighted by atomic mass is 15.4. The molecule has 3 unspecified atom stereocenters. The first-order valence-corrected chi connectivity index (χ1v) is 5.90. The van der Waals surface area contributed by atoms with Gasteiger partial charge in [0.05, 0.1) is 5.69 Å². The van der Waals surface area contributed by atoms with Crippen LogP contribution < -0.4 is 5.32 Å². The van der Waals surface area contributed by atoms with E-state index in [9.17, 15) is 0 Å². The second-order valence-electron chi connectivity index (χ2n) is 5.05. The molecule has 1 aromatic rings. The molecule has 15 heavy (non-hydrogen) atoms. The van der Waals surface area contributed by atoms with Crippen molar-refractivity contribution >= 4 is 0 Å². The summed E-state index contributed by atoms with van der Waals surface area (Å²) in [7, 11) is 1.91. The lowest BCUT2D eigenvalue weighted by molar-refractivity contribution is 0.349. The zero-order valence-corrected chi connectivity index (χ0v) is 9.19. The van der Waals surface area contributed by atoms with Gasteiger partial charge in [0.1, 0.15) is 0 Å². The smallest absolute Gasteiger partial charge is 0.0964 e. The Balaban J connectivity index is 1.54. The molecule has 1 N–H and O–H groups in total. The van der Waals surface area contributed by atoms with E-state index in [0.717, 1.165) is 30.1 Å². The van der Waals surface area contributed by atoms with Crippen LogP contribution in [0.2, 0.25) is 0 Å². The number of aryl methyl sites for hydroxylation is 1. The van der Waals surface area contributed by atoms with Crippen molar-refractivity contribution < 1.29 is 0 Å². The number of nitrogens with one attached hydrogen (secondary N) is 1. The summed E-state index contributed by atoms with van der Waals surface area (Å²) < 4.78 is 1.76. The highest BCUT2D eigenvalue weighted by Crippen LogP contribution is 2.44. The van der Waals surface area contributed by atoms with Crippen molar-refractivity contribution in [3.63, 3.8) is 0 Å². The third-order valence-electron chi connectivity index (χ3n) is 3.93. The molecule has 82 valence electrons. The summed E-state index contributed by atoms with van der Waals surface area (Å²) in [4.78, 5) is 0. The van der Waals surface area contributed by atoms with Crippen molar-refractivity contribution in [3.05, 3.63) is 11.9 Å². The van der Waals surface area contributed by atoms with E-state index in [2.05, 4.69) is 15.6 Å². The van der Waals surface area contributed by atoms with Crippen molar-refractivity contribution in [1.29, 1.82) is 0 Å². The van der Waals surface area contributed by atoms with Gasteiger partial charge in [-0.05, 0) is 31.1 Å². The molecular formula is C11H18N4. The first-order chi connectivity index (χ1) is 7.31. The SMILES string of the molecule is Cn1cc(CNC2CC3CCC2C3)nn1. The third kappa shape index (κ3) is 1.78. The maximum absolute atomic E-state index is 4.09. The van der Waals surface area contributed by atoms with E-state index >= 15 is 0 Å². The minimum absolute atomic E-state index is 0.741. The third-order valence-corrected chi connectivity index (χ3v) is 3.93. The molecule has 3 rings (SSSR count). The van der Waals surface area contributed by atoms with Crippen LogP contribution in [0.25, 0.3) is 0 Å². The average Bonchev–Trinajstić information content (AvgIpc) is 2.90. The van der Waals surface area contributed by atoms with E-state index in [1.54, 1.807) is 4.68 Å². The van der Waals surface area contributed by atoms with Crippen LogP contribution >= 0.6 is 0 Å². The number of hydrogen-bond donors (Lipinski definition) is 1. The summed E-state index contributed by atoms with van der Waals surface area (Å²) in [6, 6.07) is 0.741. The van der Waals surface area contributed by atoms with Gasteiger partial charge in [-0.3, -0.25) is 4.68 Å². The van der Waals surface area contributed by atoms with Gasteiger partial charge < -0.3 is 5.32 Å². The van der Waals surface area contributed by atoms with Gasteiger partial charge in [-0.1, -0.05) is 11.6 Å². The number of rotatable bonds is 3. The Hall–Kier alpha value is -0.900. The minimum atomic E-state index is 0.741. The standard InChI is InChI=1S/C11H18N4/c1-15-7-10(13-14-15)6-12-11-5-8-2-3-9(11)4-8/h7-9,11-12H,2-6H2,1H3. The molecule has 2 aliphatic rings. The van der Waals surface area contributed by atoms with Gasteiger partial charge >= 0.3 is 0 Å². The van der Waals surface area contributed by atoms with E-state index in [0.29, 0.717) is 0 Å². The van der Waals surface area contributed by atoms with E-state index < -0.39 is 0 Å². The summed E-state index contributed by atoms with van der Waals surface area (Å²) >= 11 is 0. The molecular weight excluding hydrogens is 188 g/mol. The Kier molecular flexibility index (Phi) is 2.24. The van der Waals surface area contributed by atoms with E-state index in [-0.39, 0.29) is 0 Å². The molecule has 3 atom stereocenters. The van der Waals surface area contributed by atoms with Crippen molar-refractivity contribution in [3.8, 4) is 0 Å². The molecule has 0 spiro atoms. The molecule has 2 aliphatic carbocycles. The summed E-state index contributed by atoms with van der Waals surface area (Å²) in [5, 5.41) is 11.7. The molecule has 4 heteroatoms. The van der Waals surface area contributed by atoms with Crippen LogP contribution in [0.15, 0.2) is 6.20 Å². The van der Waals surface area contributed by atoms with Crippen LogP contribution in [0.4, 0.5) is 0 Å². The first kappa shape index (κ1) is 9.33. The number of fused-ring (bicyclic) bond motifs is 2. The molecule has 4 nitrogen and oxygen atoms in total. The summed E-state index contributed by atoms with van der Waals surface area (Å²) in [6.45, 7) is 0.877. The Morgan fingerprint density at radius 1 is 1.47 bits per heavy atom. The van der Waals surface area contributed by atoms with Crippen LogP contribution in [-0.4, -0.2) is 21.0 Å². The van der Waals surface area contributed by atoms with Crippen molar-refractivity contribution in [1.82, 2.24) is 20.3 Å². The van der Waals surface area contributed by atoms with Crippen molar-refractivity contribution in [2.24, 2.45) is 18.9 Å². The average molecular weight is 206 g/mol. The molecule has 0 amide bonds. The van der Waals surface area contributed by atoms with Gasteiger partial charge in [0.2, 0.25) is 0 Å². The van der Waals surface area contributed by atoms with E-state index in [1.807, 2.05) is 13.2 Å². The van der Waals surface area contributed by atoms with Gasteiger partial charge in [-0.15, -0.1) is 5.10 Å². The molecule has 2 bridgehead atoms. The number of aromatic nitrogens is 3. The van der Waals surface area contributed by atoms with Crippen molar-refractivity contribution in [2.75, 3.05) is 0 Å². The minimum Gasteiger partial charge on any atom is -0.308 e. The molecule has 0 aromatic carbocycles. The predicted octanol–water partition coefficient (Wildman–Crippen LogP) is 1.09. The molecule has 1 aromatic heterocycles. The fourth-order valence-corrected chi connectivity index (χ4v) is 3.21. The fraction of sp³-hybridized carbons (Fsp3) is 0.818. The van der Waals surface area contributed by atoms with Gasteiger partial charge in [-0.2, -0.15) is 0 Å². The summed E-state index contributed by atoms with van der Waals surface area (Å²) in [5.41, 5.74) is 1.06. The van der Waals surface area contributed by atoms with E-state index in [4.69, 9.17) is 0 Å². The van der Waals surface area contributed by atoms with Crippen LogP contribution in [0.1, 0.15) is 31.4 Å². The lowest BCUT2D eigenvalue weighted by Gasteiger charge is -2.22. The molecule has 2 saturated carbocycles. The van der Waals surface area contributed by atoms with Gasteiger partial charge in [0.25, 0.3) is 0 Å².